The van der Waals surface area contributed by atoms with Crippen molar-refractivity contribution in [2.45, 2.75) is 31.8 Å². The van der Waals surface area contributed by atoms with E-state index in [1.54, 1.807) is 12.4 Å². The summed E-state index contributed by atoms with van der Waals surface area (Å²) in [5.74, 6) is 1.19. The summed E-state index contributed by atoms with van der Waals surface area (Å²) in [6.45, 7) is 5.69. The van der Waals surface area contributed by atoms with E-state index in [-0.39, 0.29) is 5.91 Å². The number of hydrogen-bond donors (Lipinski definition) is 0. The van der Waals surface area contributed by atoms with E-state index in [1.807, 2.05) is 58.9 Å². The Hall–Kier alpha value is -2.67. The average Bonchev–Trinajstić information content (AvgIpc) is 3.18. The van der Waals surface area contributed by atoms with Crippen LogP contribution in [0.3, 0.4) is 0 Å². The Balaban J connectivity index is 1.85. The van der Waals surface area contributed by atoms with Gasteiger partial charge in [0.05, 0.1) is 5.75 Å². The number of carbonyl (C=O) groups excluding carboxylic acids is 1. The molecule has 7 heteroatoms. The summed E-state index contributed by atoms with van der Waals surface area (Å²) in [7, 11) is 0. The Bertz CT molecular complexity index is 882. The molecule has 3 aromatic rings. The van der Waals surface area contributed by atoms with Crippen LogP contribution >= 0.6 is 11.8 Å². The minimum absolute atomic E-state index is 0.131. The fraction of sp³-hybridized carbons (Fsp3) is 0.333. The molecule has 0 fully saturated rings. The molecule has 3 rings (SSSR count). The van der Waals surface area contributed by atoms with Crippen LogP contribution in [0, 0.1) is 0 Å². The first-order chi connectivity index (χ1) is 13.7. The van der Waals surface area contributed by atoms with Crippen LogP contribution in [0.5, 0.6) is 0 Å². The van der Waals surface area contributed by atoms with E-state index in [2.05, 4.69) is 22.1 Å². The second-order valence-electron chi connectivity index (χ2n) is 6.33. The van der Waals surface area contributed by atoms with E-state index in [0.717, 1.165) is 37.2 Å². The van der Waals surface area contributed by atoms with E-state index >= 15 is 0 Å². The first-order valence-corrected chi connectivity index (χ1v) is 10.5. The van der Waals surface area contributed by atoms with E-state index in [4.69, 9.17) is 0 Å². The number of pyridine rings is 1. The lowest BCUT2D eigenvalue weighted by molar-refractivity contribution is -0.128. The van der Waals surface area contributed by atoms with Crippen molar-refractivity contribution in [3.05, 3.63) is 54.9 Å². The normalized spacial score (nSPS) is 10.8. The van der Waals surface area contributed by atoms with Gasteiger partial charge < -0.3 is 4.90 Å². The van der Waals surface area contributed by atoms with Crippen LogP contribution < -0.4 is 0 Å². The lowest BCUT2D eigenvalue weighted by atomic mass is 10.2. The monoisotopic (exact) mass is 395 g/mol. The van der Waals surface area contributed by atoms with Gasteiger partial charge in [-0.05, 0) is 37.6 Å². The molecule has 2 heterocycles. The molecular formula is C21H25N5OS. The van der Waals surface area contributed by atoms with Gasteiger partial charge in [0, 0.05) is 36.7 Å². The maximum atomic E-state index is 12.6. The molecule has 0 aliphatic heterocycles. The molecule has 0 aliphatic carbocycles. The number of hydrogen-bond acceptors (Lipinski definition) is 5. The van der Waals surface area contributed by atoms with Crippen LogP contribution in [0.2, 0.25) is 0 Å². The van der Waals surface area contributed by atoms with Crippen LogP contribution in [0.1, 0.15) is 26.7 Å². The summed E-state index contributed by atoms with van der Waals surface area (Å²) in [5, 5.41) is 9.45. The number of nitrogens with zero attached hydrogens (tertiary/aromatic N) is 5. The first kappa shape index (κ1) is 20.1. The van der Waals surface area contributed by atoms with Gasteiger partial charge in [-0.1, -0.05) is 43.3 Å². The Morgan fingerprint density at radius 3 is 2.61 bits per heavy atom. The molecule has 0 aliphatic rings. The zero-order valence-corrected chi connectivity index (χ0v) is 17.1. The molecule has 28 heavy (non-hydrogen) atoms. The minimum atomic E-state index is 0.131. The molecule has 0 bridgehead atoms. The second-order valence-corrected chi connectivity index (χ2v) is 7.28. The van der Waals surface area contributed by atoms with Gasteiger partial charge in [0.1, 0.15) is 0 Å². The molecule has 2 aromatic heterocycles. The molecule has 0 radical (unpaired) electrons. The third kappa shape index (κ3) is 4.78. The standard InChI is InChI=1S/C21H25N5OS/c1-3-5-14-25(4-2)19(27)16-28-21-24-23-20(17-10-9-13-22-15-17)26(21)18-11-7-6-8-12-18/h6-13,15H,3-5,14,16H2,1-2H3. The van der Waals surface area contributed by atoms with Gasteiger partial charge >= 0.3 is 0 Å². The fourth-order valence-corrected chi connectivity index (χ4v) is 3.74. The number of thioether (sulfide) groups is 1. The third-order valence-electron chi connectivity index (χ3n) is 4.41. The Morgan fingerprint density at radius 2 is 1.93 bits per heavy atom. The lowest BCUT2D eigenvalue weighted by Gasteiger charge is -2.20. The molecule has 1 aromatic carbocycles. The molecule has 6 nitrogen and oxygen atoms in total. The van der Waals surface area contributed by atoms with Crippen molar-refractivity contribution in [3.8, 4) is 17.1 Å². The smallest absolute Gasteiger partial charge is 0.233 e. The second kappa shape index (κ2) is 10.0. The fourth-order valence-electron chi connectivity index (χ4n) is 2.88. The molecule has 0 saturated carbocycles. The Morgan fingerprint density at radius 1 is 1.11 bits per heavy atom. The van der Waals surface area contributed by atoms with Gasteiger partial charge in [-0.2, -0.15) is 0 Å². The quantitative estimate of drug-likeness (QED) is 0.511. The number of para-hydroxylation sites is 1. The predicted molar refractivity (Wildman–Crippen MR) is 112 cm³/mol. The number of unbranched alkanes of at least 4 members (excludes halogenated alkanes) is 1. The maximum absolute atomic E-state index is 12.6. The van der Waals surface area contributed by atoms with Crippen molar-refractivity contribution in [2.24, 2.45) is 0 Å². The maximum Gasteiger partial charge on any atom is 0.233 e. The molecular weight excluding hydrogens is 370 g/mol. The summed E-state index contributed by atoms with van der Waals surface area (Å²) in [4.78, 5) is 18.7. The van der Waals surface area contributed by atoms with Gasteiger partial charge in [0.15, 0.2) is 11.0 Å². The number of aromatic nitrogens is 4. The molecule has 1 amide bonds. The van der Waals surface area contributed by atoms with Crippen LogP contribution in [-0.4, -0.2) is 49.4 Å². The highest BCUT2D eigenvalue weighted by Crippen LogP contribution is 2.27. The summed E-state index contributed by atoms with van der Waals surface area (Å²) < 4.78 is 1.98. The molecule has 0 spiro atoms. The largest absolute Gasteiger partial charge is 0.342 e. The van der Waals surface area contributed by atoms with Crippen molar-refractivity contribution in [1.29, 1.82) is 0 Å². The van der Waals surface area contributed by atoms with Crippen LogP contribution in [0.15, 0.2) is 60.0 Å². The topological polar surface area (TPSA) is 63.9 Å². The zero-order chi connectivity index (χ0) is 19.8. The van der Waals surface area contributed by atoms with E-state index in [9.17, 15) is 4.79 Å². The highest BCUT2D eigenvalue weighted by molar-refractivity contribution is 7.99. The highest BCUT2D eigenvalue weighted by Gasteiger charge is 2.18. The van der Waals surface area contributed by atoms with Crippen molar-refractivity contribution < 1.29 is 4.79 Å². The Labute approximate surface area is 170 Å². The number of benzene rings is 1. The predicted octanol–water partition coefficient (Wildman–Crippen LogP) is 4.07. The molecule has 0 N–H and O–H groups in total. The lowest BCUT2D eigenvalue weighted by Crippen LogP contribution is -2.33. The number of carbonyl (C=O) groups is 1. The van der Waals surface area contributed by atoms with E-state index in [1.165, 1.54) is 11.8 Å². The minimum Gasteiger partial charge on any atom is -0.342 e. The van der Waals surface area contributed by atoms with Crippen LogP contribution in [0.4, 0.5) is 0 Å². The van der Waals surface area contributed by atoms with Gasteiger partial charge in [0.2, 0.25) is 5.91 Å². The van der Waals surface area contributed by atoms with Crippen LogP contribution in [0.25, 0.3) is 17.1 Å². The summed E-state index contributed by atoms with van der Waals surface area (Å²) in [6.07, 6.45) is 5.60. The summed E-state index contributed by atoms with van der Waals surface area (Å²) >= 11 is 1.42. The molecule has 0 saturated heterocycles. The van der Waals surface area contributed by atoms with Crippen molar-refractivity contribution in [1.82, 2.24) is 24.6 Å². The number of rotatable bonds is 9. The van der Waals surface area contributed by atoms with Gasteiger partial charge in [0.25, 0.3) is 0 Å². The average molecular weight is 396 g/mol. The van der Waals surface area contributed by atoms with E-state index in [0.29, 0.717) is 16.7 Å². The van der Waals surface area contributed by atoms with Gasteiger partial charge in [-0.3, -0.25) is 14.3 Å². The first-order valence-electron chi connectivity index (χ1n) is 9.56. The van der Waals surface area contributed by atoms with Crippen molar-refractivity contribution in [2.75, 3.05) is 18.8 Å². The molecule has 0 unspecified atom stereocenters. The van der Waals surface area contributed by atoms with Crippen LogP contribution in [-0.2, 0) is 4.79 Å². The molecule has 0 atom stereocenters. The van der Waals surface area contributed by atoms with Crippen molar-refractivity contribution >= 4 is 17.7 Å². The zero-order valence-electron chi connectivity index (χ0n) is 16.3. The highest BCUT2D eigenvalue weighted by atomic mass is 32.2. The van der Waals surface area contributed by atoms with Crippen molar-refractivity contribution in [3.63, 3.8) is 0 Å². The third-order valence-corrected chi connectivity index (χ3v) is 5.32. The Kier molecular flexibility index (Phi) is 7.19. The SMILES string of the molecule is CCCCN(CC)C(=O)CSc1nnc(-c2cccnc2)n1-c1ccccc1. The van der Waals surface area contributed by atoms with E-state index < -0.39 is 0 Å². The molecule has 146 valence electrons. The number of amides is 1. The van der Waals surface area contributed by atoms with Gasteiger partial charge in [-0.25, -0.2) is 0 Å². The van der Waals surface area contributed by atoms with Gasteiger partial charge in [-0.15, -0.1) is 10.2 Å². The summed E-state index contributed by atoms with van der Waals surface area (Å²) in [6, 6.07) is 13.8. The summed E-state index contributed by atoms with van der Waals surface area (Å²) in [5.41, 5.74) is 1.84.